The van der Waals surface area contributed by atoms with Crippen molar-refractivity contribution in [1.82, 2.24) is 0 Å². The fraction of sp³-hybridized carbons (Fsp3) is 0.188. The molecule has 0 heterocycles. The molecule has 2 aromatic carbocycles. The van der Waals surface area contributed by atoms with E-state index in [2.05, 4.69) is 5.32 Å². The van der Waals surface area contributed by atoms with E-state index in [0.29, 0.717) is 11.4 Å². The van der Waals surface area contributed by atoms with Crippen molar-refractivity contribution >= 4 is 11.6 Å². The van der Waals surface area contributed by atoms with E-state index in [-0.39, 0.29) is 18.3 Å². The maximum Gasteiger partial charge on any atom is 0.250 e. The lowest BCUT2D eigenvalue weighted by Crippen LogP contribution is -2.16. The van der Waals surface area contributed by atoms with E-state index in [1.165, 1.54) is 26.4 Å². The molecule has 5 heteroatoms. The van der Waals surface area contributed by atoms with Crippen molar-refractivity contribution in [3.05, 3.63) is 48.3 Å². The molecule has 0 aliphatic carbocycles. The molecular weight excluding hydrogens is 273 g/mol. The highest BCUT2D eigenvalue weighted by atomic mass is 19.1. The molecule has 0 radical (unpaired) electrons. The molecule has 0 aliphatic rings. The van der Waals surface area contributed by atoms with Gasteiger partial charge in [-0.2, -0.15) is 0 Å². The normalized spacial score (nSPS) is 10.2. The monoisotopic (exact) mass is 289 g/mol. The fourth-order valence-corrected chi connectivity index (χ4v) is 1.96. The molecule has 0 aromatic heterocycles. The van der Waals surface area contributed by atoms with Crippen LogP contribution in [0.15, 0.2) is 42.5 Å². The van der Waals surface area contributed by atoms with Gasteiger partial charge in [0.25, 0.3) is 0 Å². The smallest absolute Gasteiger partial charge is 0.250 e. The molecule has 0 aliphatic heterocycles. The maximum absolute atomic E-state index is 13.2. The predicted octanol–water partition coefficient (Wildman–Crippen LogP) is 3.09. The molecule has 2 rings (SSSR count). The zero-order chi connectivity index (χ0) is 15.2. The molecule has 1 amide bonds. The van der Waals surface area contributed by atoms with Gasteiger partial charge in [-0.1, -0.05) is 12.1 Å². The van der Waals surface area contributed by atoms with Crippen LogP contribution < -0.4 is 10.1 Å². The highest BCUT2D eigenvalue weighted by Gasteiger charge is 2.08. The van der Waals surface area contributed by atoms with Gasteiger partial charge in [-0.3, -0.25) is 4.79 Å². The molecule has 4 nitrogen and oxygen atoms in total. The number of anilines is 1. The van der Waals surface area contributed by atoms with E-state index < -0.39 is 0 Å². The zero-order valence-corrected chi connectivity index (χ0v) is 11.9. The molecule has 0 fully saturated rings. The Kier molecular flexibility index (Phi) is 4.90. The van der Waals surface area contributed by atoms with Crippen LogP contribution in [0.4, 0.5) is 10.1 Å². The van der Waals surface area contributed by atoms with Crippen LogP contribution in [-0.4, -0.2) is 26.7 Å². The molecule has 1 N–H and O–H groups in total. The molecular formula is C16H16FNO3. The molecule has 0 atom stereocenters. The SMILES string of the molecule is COCC(=O)Nc1ccc(-c2ccc(F)cc2OC)cc1. The summed E-state index contributed by atoms with van der Waals surface area (Å²) in [6.45, 7) is 0.00748. The third kappa shape index (κ3) is 3.79. The highest BCUT2D eigenvalue weighted by Crippen LogP contribution is 2.31. The van der Waals surface area contributed by atoms with Gasteiger partial charge in [0, 0.05) is 24.4 Å². The van der Waals surface area contributed by atoms with Crippen molar-refractivity contribution in [2.45, 2.75) is 0 Å². The Morgan fingerprint density at radius 1 is 1.14 bits per heavy atom. The van der Waals surface area contributed by atoms with Gasteiger partial charge >= 0.3 is 0 Å². The van der Waals surface area contributed by atoms with Gasteiger partial charge in [0.05, 0.1) is 7.11 Å². The summed E-state index contributed by atoms with van der Waals surface area (Å²) in [5.74, 6) is -0.102. The molecule has 0 saturated heterocycles. The standard InChI is InChI=1S/C16H16FNO3/c1-20-10-16(19)18-13-6-3-11(4-7-13)14-8-5-12(17)9-15(14)21-2/h3-9H,10H2,1-2H3,(H,18,19). The summed E-state index contributed by atoms with van der Waals surface area (Å²) < 4.78 is 23.1. The molecule has 110 valence electrons. The van der Waals surface area contributed by atoms with Gasteiger partial charge in [-0.15, -0.1) is 0 Å². The van der Waals surface area contributed by atoms with Crippen molar-refractivity contribution in [1.29, 1.82) is 0 Å². The van der Waals surface area contributed by atoms with Crippen molar-refractivity contribution in [3.63, 3.8) is 0 Å². The highest BCUT2D eigenvalue weighted by molar-refractivity contribution is 5.92. The first-order chi connectivity index (χ1) is 10.1. The summed E-state index contributed by atoms with van der Waals surface area (Å²) in [6, 6.07) is 11.6. The molecule has 2 aromatic rings. The van der Waals surface area contributed by atoms with Crippen LogP contribution in [0.3, 0.4) is 0 Å². The van der Waals surface area contributed by atoms with Crippen LogP contribution in [0.1, 0.15) is 0 Å². The van der Waals surface area contributed by atoms with Gasteiger partial charge in [-0.25, -0.2) is 4.39 Å². The first kappa shape index (κ1) is 15.0. The Hall–Kier alpha value is -2.40. The predicted molar refractivity (Wildman–Crippen MR) is 78.9 cm³/mol. The number of methoxy groups -OCH3 is 2. The van der Waals surface area contributed by atoms with Gasteiger partial charge in [0.15, 0.2) is 0 Å². The lowest BCUT2D eigenvalue weighted by atomic mass is 10.0. The minimum absolute atomic E-state index is 0.00748. The number of benzene rings is 2. The van der Waals surface area contributed by atoms with Crippen LogP contribution in [0.25, 0.3) is 11.1 Å². The van der Waals surface area contributed by atoms with Crippen molar-refractivity contribution in [2.24, 2.45) is 0 Å². The number of hydrogen-bond donors (Lipinski definition) is 1. The van der Waals surface area contributed by atoms with E-state index >= 15 is 0 Å². The van der Waals surface area contributed by atoms with E-state index in [0.717, 1.165) is 11.1 Å². The van der Waals surface area contributed by atoms with E-state index in [9.17, 15) is 9.18 Å². The van der Waals surface area contributed by atoms with Crippen LogP contribution in [0.2, 0.25) is 0 Å². The molecule has 0 saturated carbocycles. The average molecular weight is 289 g/mol. The number of carbonyl (C=O) groups is 1. The fourth-order valence-electron chi connectivity index (χ4n) is 1.96. The first-order valence-electron chi connectivity index (χ1n) is 6.37. The second-order valence-corrected chi connectivity index (χ2v) is 4.40. The van der Waals surface area contributed by atoms with E-state index in [1.807, 2.05) is 12.1 Å². The Bertz CT molecular complexity index is 626. The summed E-state index contributed by atoms with van der Waals surface area (Å²) in [5.41, 5.74) is 2.33. The van der Waals surface area contributed by atoms with E-state index in [1.54, 1.807) is 18.2 Å². The molecule has 0 spiro atoms. The Balaban J connectivity index is 2.21. The molecule has 0 bridgehead atoms. The number of nitrogens with one attached hydrogen (secondary N) is 1. The maximum atomic E-state index is 13.2. The van der Waals surface area contributed by atoms with Crippen molar-refractivity contribution in [3.8, 4) is 16.9 Å². The lowest BCUT2D eigenvalue weighted by molar-refractivity contribution is -0.119. The number of amides is 1. The Morgan fingerprint density at radius 3 is 2.48 bits per heavy atom. The Labute approximate surface area is 122 Å². The average Bonchev–Trinajstić information content (AvgIpc) is 2.48. The van der Waals surface area contributed by atoms with Crippen molar-refractivity contribution < 1.29 is 18.7 Å². The topological polar surface area (TPSA) is 47.6 Å². The number of ether oxygens (including phenoxy) is 2. The number of hydrogen-bond acceptors (Lipinski definition) is 3. The van der Waals surface area contributed by atoms with Gasteiger partial charge in [0.1, 0.15) is 18.2 Å². The number of halogens is 1. The first-order valence-corrected chi connectivity index (χ1v) is 6.37. The quantitative estimate of drug-likeness (QED) is 0.920. The summed E-state index contributed by atoms with van der Waals surface area (Å²) in [5, 5.41) is 2.70. The van der Waals surface area contributed by atoms with Crippen LogP contribution in [0.5, 0.6) is 5.75 Å². The summed E-state index contributed by atoms with van der Waals surface area (Å²) >= 11 is 0. The van der Waals surface area contributed by atoms with Crippen LogP contribution in [0, 0.1) is 5.82 Å². The molecule has 0 unspecified atom stereocenters. The number of rotatable bonds is 5. The minimum atomic E-state index is -0.348. The van der Waals surface area contributed by atoms with Gasteiger partial charge in [0.2, 0.25) is 5.91 Å². The van der Waals surface area contributed by atoms with Crippen molar-refractivity contribution in [2.75, 3.05) is 26.1 Å². The van der Waals surface area contributed by atoms with Crippen LogP contribution in [-0.2, 0) is 9.53 Å². The zero-order valence-electron chi connectivity index (χ0n) is 11.9. The lowest BCUT2D eigenvalue weighted by Gasteiger charge is -2.10. The van der Waals surface area contributed by atoms with Gasteiger partial charge in [-0.05, 0) is 29.8 Å². The third-order valence-corrected chi connectivity index (χ3v) is 2.92. The minimum Gasteiger partial charge on any atom is -0.496 e. The summed E-state index contributed by atoms with van der Waals surface area (Å²) in [4.78, 5) is 11.4. The Morgan fingerprint density at radius 2 is 1.86 bits per heavy atom. The molecule has 21 heavy (non-hydrogen) atoms. The largest absolute Gasteiger partial charge is 0.496 e. The van der Waals surface area contributed by atoms with Gasteiger partial charge < -0.3 is 14.8 Å². The second kappa shape index (κ2) is 6.85. The summed E-state index contributed by atoms with van der Waals surface area (Å²) in [7, 11) is 2.96. The third-order valence-electron chi connectivity index (χ3n) is 2.92. The van der Waals surface area contributed by atoms with Crippen LogP contribution >= 0.6 is 0 Å². The summed E-state index contributed by atoms with van der Waals surface area (Å²) in [6.07, 6.45) is 0. The van der Waals surface area contributed by atoms with E-state index in [4.69, 9.17) is 9.47 Å². The number of carbonyl (C=O) groups excluding carboxylic acids is 1. The second-order valence-electron chi connectivity index (χ2n) is 4.40.